The van der Waals surface area contributed by atoms with E-state index in [2.05, 4.69) is 17.0 Å². The average Bonchev–Trinajstić information content (AvgIpc) is 2.30. The van der Waals surface area contributed by atoms with Crippen LogP contribution in [0.4, 0.5) is 0 Å². The van der Waals surface area contributed by atoms with Gasteiger partial charge in [-0.2, -0.15) is 0 Å². The Labute approximate surface area is 91.9 Å². The van der Waals surface area contributed by atoms with E-state index in [0.29, 0.717) is 0 Å². The van der Waals surface area contributed by atoms with Gasteiger partial charge in [0.2, 0.25) is 0 Å². The molecule has 0 bridgehead atoms. The molecule has 1 aliphatic heterocycles. The molecule has 0 amide bonds. The fraction of sp³-hybridized carbons (Fsp3) is 0.909. The van der Waals surface area contributed by atoms with Gasteiger partial charge in [0, 0.05) is 45.7 Å². The third-order valence-corrected chi connectivity index (χ3v) is 2.69. The molecular formula is C11H22N2O2. The highest BCUT2D eigenvalue weighted by atomic mass is 16.5. The maximum atomic E-state index is 8.60. The van der Waals surface area contributed by atoms with Crippen molar-refractivity contribution in [3.8, 4) is 0 Å². The lowest BCUT2D eigenvalue weighted by atomic mass is 10.1. The highest BCUT2D eigenvalue weighted by Gasteiger charge is 2.14. The Hall–Kier alpha value is -0.610. The van der Waals surface area contributed by atoms with Crippen molar-refractivity contribution in [2.45, 2.75) is 32.6 Å². The quantitative estimate of drug-likeness (QED) is 0.416. The van der Waals surface area contributed by atoms with Crippen molar-refractivity contribution < 1.29 is 9.94 Å². The summed E-state index contributed by atoms with van der Waals surface area (Å²) in [6.45, 7) is 7.01. The summed E-state index contributed by atoms with van der Waals surface area (Å²) < 4.78 is 5.43. The molecule has 0 spiro atoms. The predicted octanol–water partition coefficient (Wildman–Crippen LogP) is 1.73. The van der Waals surface area contributed by atoms with Gasteiger partial charge in [0.15, 0.2) is 0 Å². The summed E-state index contributed by atoms with van der Waals surface area (Å²) in [7, 11) is 0. The Morgan fingerprint density at radius 3 is 2.67 bits per heavy atom. The number of piperidine rings is 1. The first-order valence-corrected chi connectivity index (χ1v) is 5.86. The van der Waals surface area contributed by atoms with Gasteiger partial charge < -0.3 is 14.8 Å². The molecule has 0 atom stereocenters. The number of hydrogen-bond donors (Lipinski definition) is 1. The van der Waals surface area contributed by atoms with Gasteiger partial charge in [-0.15, -0.1) is 0 Å². The van der Waals surface area contributed by atoms with Crippen molar-refractivity contribution in [3.63, 3.8) is 0 Å². The second kappa shape index (κ2) is 7.65. The lowest BCUT2D eigenvalue weighted by Gasteiger charge is -2.26. The van der Waals surface area contributed by atoms with E-state index in [0.717, 1.165) is 64.2 Å². The van der Waals surface area contributed by atoms with Gasteiger partial charge in [-0.25, -0.2) is 0 Å². The first-order valence-electron chi connectivity index (χ1n) is 5.86. The van der Waals surface area contributed by atoms with E-state index >= 15 is 0 Å². The van der Waals surface area contributed by atoms with Gasteiger partial charge in [0.25, 0.3) is 0 Å². The minimum absolute atomic E-state index is 0.866. The molecule has 0 saturated carbocycles. The summed E-state index contributed by atoms with van der Waals surface area (Å²) >= 11 is 0. The van der Waals surface area contributed by atoms with Crippen molar-refractivity contribution >= 4 is 5.71 Å². The monoisotopic (exact) mass is 214 g/mol. The number of nitrogens with zero attached hydrogens (tertiary/aromatic N) is 2. The van der Waals surface area contributed by atoms with E-state index in [1.54, 1.807) is 0 Å². The molecule has 1 saturated heterocycles. The number of likely N-dealkylation sites (tertiary alicyclic amines) is 1. The summed E-state index contributed by atoms with van der Waals surface area (Å²) in [6.07, 6.45) is 4.02. The molecule has 1 rings (SSSR count). The van der Waals surface area contributed by atoms with Gasteiger partial charge in [-0.05, 0) is 12.8 Å². The Balaban J connectivity index is 1.99. The van der Waals surface area contributed by atoms with Gasteiger partial charge in [-0.3, -0.25) is 0 Å². The van der Waals surface area contributed by atoms with Gasteiger partial charge in [-0.1, -0.05) is 12.1 Å². The molecule has 0 radical (unpaired) electrons. The summed E-state index contributed by atoms with van der Waals surface area (Å²) in [6, 6.07) is 0. The molecule has 0 aromatic heterocycles. The summed E-state index contributed by atoms with van der Waals surface area (Å²) in [5, 5.41) is 11.9. The zero-order chi connectivity index (χ0) is 10.9. The molecule has 4 nitrogen and oxygen atoms in total. The van der Waals surface area contributed by atoms with Crippen LogP contribution in [0.1, 0.15) is 32.6 Å². The highest BCUT2D eigenvalue weighted by Crippen LogP contribution is 2.07. The number of hydrogen-bond acceptors (Lipinski definition) is 4. The SMILES string of the molecule is CCCOCCCN1CCC(=NO)CC1. The molecule has 0 aromatic rings. The van der Waals surface area contributed by atoms with Crippen molar-refractivity contribution in [2.24, 2.45) is 5.16 Å². The van der Waals surface area contributed by atoms with Crippen LogP contribution in [-0.2, 0) is 4.74 Å². The molecular weight excluding hydrogens is 192 g/mol. The number of ether oxygens (including phenoxy) is 1. The maximum absolute atomic E-state index is 8.60. The smallest absolute Gasteiger partial charge is 0.0596 e. The van der Waals surface area contributed by atoms with Gasteiger partial charge >= 0.3 is 0 Å². The fourth-order valence-corrected chi connectivity index (χ4v) is 1.77. The van der Waals surface area contributed by atoms with Crippen LogP contribution in [0.2, 0.25) is 0 Å². The lowest BCUT2D eigenvalue weighted by molar-refractivity contribution is 0.120. The molecule has 4 heteroatoms. The van der Waals surface area contributed by atoms with E-state index in [-0.39, 0.29) is 0 Å². The summed E-state index contributed by atoms with van der Waals surface area (Å²) in [5.41, 5.74) is 0.938. The molecule has 1 aliphatic rings. The van der Waals surface area contributed by atoms with Crippen LogP contribution in [0.25, 0.3) is 0 Å². The number of oxime groups is 1. The third-order valence-electron chi connectivity index (χ3n) is 2.69. The number of rotatable bonds is 6. The minimum Gasteiger partial charge on any atom is -0.411 e. The third kappa shape index (κ3) is 5.14. The first kappa shape index (κ1) is 12.5. The first-order chi connectivity index (χ1) is 7.36. The molecule has 0 aliphatic carbocycles. The fourth-order valence-electron chi connectivity index (χ4n) is 1.77. The second-order valence-corrected chi connectivity index (χ2v) is 3.97. The average molecular weight is 214 g/mol. The normalized spacial score (nSPS) is 18.1. The molecule has 1 fully saturated rings. The van der Waals surface area contributed by atoms with Gasteiger partial charge in [0.1, 0.15) is 0 Å². The Bertz CT molecular complexity index is 185. The standard InChI is InChI=1S/C11H22N2O2/c1-2-9-15-10-3-6-13-7-4-11(12-14)5-8-13/h14H,2-10H2,1H3. The van der Waals surface area contributed by atoms with Gasteiger partial charge in [0.05, 0.1) is 5.71 Å². The van der Waals surface area contributed by atoms with Crippen molar-refractivity contribution in [1.82, 2.24) is 4.90 Å². The van der Waals surface area contributed by atoms with E-state index in [9.17, 15) is 0 Å². The lowest BCUT2D eigenvalue weighted by Crippen LogP contribution is -2.35. The molecule has 0 unspecified atom stereocenters. The molecule has 1 heterocycles. The van der Waals surface area contributed by atoms with Crippen LogP contribution in [0, 0.1) is 0 Å². The zero-order valence-electron chi connectivity index (χ0n) is 9.61. The van der Waals surface area contributed by atoms with E-state index in [4.69, 9.17) is 9.94 Å². The maximum Gasteiger partial charge on any atom is 0.0596 e. The Morgan fingerprint density at radius 1 is 1.33 bits per heavy atom. The Morgan fingerprint density at radius 2 is 2.07 bits per heavy atom. The van der Waals surface area contributed by atoms with Crippen LogP contribution in [0.5, 0.6) is 0 Å². The van der Waals surface area contributed by atoms with Crippen molar-refractivity contribution in [3.05, 3.63) is 0 Å². The molecule has 0 aromatic carbocycles. The minimum atomic E-state index is 0.866. The largest absolute Gasteiger partial charge is 0.411 e. The van der Waals surface area contributed by atoms with Crippen molar-refractivity contribution in [1.29, 1.82) is 0 Å². The zero-order valence-corrected chi connectivity index (χ0v) is 9.61. The molecule has 1 N–H and O–H groups in total. The van der Waals surface area contributed by atoms with Crippen LogP contribution in [0.3, 0.4) is 0 Å². The van der Waals surface area contributed by atoms with Crippen LogP contribution < -0.4 is 0 Å². The summed E-state index contributed by atoms with van der Waals surface area (Å²) in [5.74, 6) is 0. The highest BCUT2D eigenvalue weighted by molar-refractivity contribution is 5.84. The van der Waals surface area contributed by atoms with Crippen LogP contribution in [-0.4, -0.2) is 48.7 Å². The predicted molar refractivity (Wildman–Crippen MR) is 60.6 cm³/mol. The van der Waals surface area contributed by atoms with E-state index in [1.165, 1.54) is 0 Å². The van der Waals surface area contributed by atoms with E-state index in [1.807, 2.05) is 0 Å². The summed E-state index contributed by atoms with van der Waals surface area (Å²) in [4.78, 5) is 2.41. The molecule has 88 valence electrons. The van der Waals surface area contributed by atoms with Crippen molar-refractivity contribution in [2.75, 3.05) is 32.8 Å². The van der Waals surface area contributed by atoms with E-state index < -0.39 is 0 Å². The topological polar surface area (TPSA) is 45.1 Å². The molecule has 15 heavy (non-hydrogen) atoms. The Kier molecular flexibility index (Phi) is 6.36. The van der Waals surface area contributed by atoms with Crippen LogP contribution >= 0.6 is 0 Å². The second-order valence-electron chi connectivity index (χ2n) is 3.97. The van der Waals surface area contributed by atoms with Crippen LogP contribution in [0.15, 0.2) is 5.16 Å².